The van der Waals surface area contributed by atoms with E-state index in [-0.39, 0.29) is 5.92 Å². The number of aliphatic hydroxyl groups is 1. The van der Waals surface area contributed by atoms with Crippen LogP contribution in [0.5, 0.6) is 5.75 Å². The number of rotatable bonds is 2. The number of benzene rings is 2. The van der Waals surface area contributed by atoms with Crippen molar-refractivity contribution in [3.8, 4) is 5.75 Å². The molecule has 4 atom stereocenters. The summed E-state index contributed by atoms with van der Waals surface area (Å²) in [7, 11) is 0. The Kier molecular flexibility index (Phi) is 4.22. The molecule has 2 aromatic carbocycles. The van der Waals surface area contributed by atoms with Crippen LogP contribution in [-0.4, -0.2) is 16.1 Å². The second-order valence-corrected chi connectivity index (χ2v) is 8.81. The third kappa shape index (κ3) is 2.43. The van der Waals surface area contributed by atoms with E-state index in [1.807, 2.05) is 54.6 Å². The van der Waals surface area contributed by atoms with Crippen LogP contribution < -0.4 is 4.74 Å². The maximum atomic E-state index is 12.2. The molecule has 1 aliphatic carbocycles. The SMILES string of the molecule is [C-]#[N+][C@H]1C[C@@H](c2ccccc2)[C@]2(c3ccc(Br)cc3)Oc3cc(Cl)cnc3[C@]12O. The standard InChI is InChI=1S/C23H16BrClN2O2/c1-26-20-12-18(14-5-3-2-4-6-14)23(15-7-9-16(24)10-8-15)22(20,28)21-19(29-23)11-17(25)13-27-21/h2-11,13,18,20,28H,12H2/t18-,20-,22+,23-/m0/s1. The number of fused-ring (bicyclic) bond motifs is 3. The molecule has 0 bridgehead atoms. The second-order valence-electron chi connectivity index (χ2n) is 7.46. The van der Waals surface area contributed by atoms with Gasteiger partial charge in [0.2, 0.25) is 5.60 Å². The van der Waals surface area contributed by atoms with Crippen molar-refractivity contribution in [1.82, 2.24) is 4.98 Å². The Morgan fingerprint density at radius 1 is 1.17 bits per heavy atom. The highest BCUT2D eigenvalue weighted by Crippen LogP contribution is 2.66. The van der Waals surface area contributed by atoms with E-state index >= 15 is 0 Å². The highest BCUT2D eigenvalue weighted by Gasteiger charge is 2.77. The molecule has 1 aliphatic heterocycles. The Hall–Kier alpha value is -2.39. The summed E-state index contributed by atoms with van der Waals surface area (Å²) in [6, 6.07) is 18.6. The second kappa shape index (κ2) is 6.56. The molecule has 3 aromatic rings. The van der Waals surface area contributed by atoms with Gasteiger partial charge in [-0.1, -0.05) is 70.0 Å². The molecular weight excluding hydrogens is 452 g/mol. The predicted octanol–water partition coefficient (Wildman–Crippen LogP) is 5.45. The number of ether oxygens (including phenoxy) is 1. The van der Waals surface area contributed by atoms with Gasteiger partial charge in [0.25, 0.3) is 6.04 Å². The van der Waals surface area contributed by atoms with Crippen LogP contribution >= 0.6 is 27.5 Å². The summed E-state index contributed by atoms with van der Waals surface area (Å²) in [5.74, 6) is 0.194. The van der Waals surface area contributed by atoms with Crippen LogP contribution in [0.15, 0.2) is 71.3 Å². The zero-order chi connectivity index (χ0) is 20.2. The number of halogens is 2. The summed E-state index contributed by atoms with van der Waals surface area (Å²) >= 11 is 9.65. The fourth-order valence-electron chi connectivity index (χ4n) is 4.89. The molecule has 5 rings (SSSR count). The van der Waals surface area contributed by atoms with Crippen LogP contribution in [-0.2, 0) is 11.2 Å². The minimum absolute atomic E-state index is 0.234. The van der Waals surface area contributed by atoms with Crippen LogP contribution in [0.4, 0.5) is 0 Å². The lowest BCUT2D eigenvalue weighted by Gasteiger charge is -2.38. The van der Waals surface area contributed by atoms with Crippen molar-refractivity contribution in [3.05, 3.63) is 105 Å². The molecule has 0 unspecified atom stereocenters. The summed E-state index contributed by atoms with van der Waals surface area (Å²) < 4.78 is 7.50. The van der Waals surface area contributed by atoms with E-state index < -0.39 is 17.2 Å². The quantitative estimate of drug-likeness (QED) is 0.510. The first kappa shape index (κ1) is 18.6. The van der Waals surface area contributed by atoms with E-state index in [4.69, 9.17) is 22.9 Å². The van der Waals surface area contributed by atoms with Crippen LogP contribution in [0.3, 0.4) is 0 Å². The molecule has 0 spiro atoms. The van der Waals surface area contributed by atoms with E-state index in [9.17, 15) is 5.11 Å². The van der Waals surface area contributed by atoms with E-state index in [0.29, 0.717) is 22.9 Å². The number of pyridine rings is 1. The lowest BCUT2D eigenvalue weighted by Crippen LogP contribution is -2.51. The molecule has 29 heavy (non-hydrogen) atoms. The largest absolute Gasteiger partial charge is 0.476 e. The van der Waals surface area contributed by atoms with Gasteiger partial charge in [-0.3, -0.25) is 4.98 Å². The molecule has 6 heteroatoms. The van der Waals surface area contributed by atoms with Gasteiger partial charge in [0.15, 0.2) is 5.60 Å². The summed E-state index contributed by atoms with van der Waals surface area (Å²) in [4.78, 5) is 8.25. The van der Waals surface area contributed by atoms with Gasteiger partial charge in [-0.2, -0.15) is 0 Å². The maximum absolute atomic E-state index is 12.2. The smallest absolute Gasteiger partial charge is 0.262 e. The first-order valence-electron chi connectivity index (χ1n) is 9.25. The van der Waals surface area contributed by atoms with Crippen molar-refractivity contribution >= 4 is 27.5 Å². The maximum Gasteiger partial charge on any atom is 0.262 e. The average Bonchev–Trinajstić information content (AvgIpc) is 3.13. The van der Waals surface area contributed by atoms with Crippen LogP contribution in [0.25, 0.3) is 4.85 Å². The summed E-state index contributed by atoms with van der Waals surface area (Å²) in [5.41, 5.74) is -0.576. The molecule has 144 valence electrons. The van der Waals surface area contributed by atoms with Crippen molar-refractivity contribution in [2.24, 2.45) is 0 Å². The fraction of sp³-hybridized carbons (Fsp3) is 0.217. The van der Waals surface area contributed by atoms with Crippen molar-refractivity contribution in [2.45, 2.75) is 29.6 Å². The zero-order valence-corrected chi connectivity index (χ0v) is 17.6. The third-order valence-corrected chi connectivity index (χ3v) is 6.82. The Labute approximate surface area is 182 Å². The predicted molar refractivity (Wildman–Crippen MR) is 114 cm³/mol. The van der Waals surface area contributed by atoms with Gasteiger partial charge >= 0.3 is 0 Å². The third-order valence-electron chi connectivity index (χ3n) is 6.08. The van der Waals surface area contributed by atoms with Gasteiger partial charge in [-0.25, -0.2) is 6.57 Å². The Morgan fingerprint density at radius 3 is 2.59 bits per heavy atom. The van der Waals surface area contributed by atoms with Crippen molar-refractivity contribution in [2.75, 3.05) is 0 Å². The zero-order valence-electron chi connectivity index (χ0n) is 15.2. The van der Waals surface area contributed by atoms with Gasteiger partial charge in [0.05, 0.1) is 5.02 Å². The Morgan fingerprint density at radius 2 is 1.90 bits per heavy atom. The molecule has 1 aromatic heterocycles. The first-order valence-corrected chi connectivity index (χ1v) is 10.4. The number of nitrogens with zero attached hydrogens (tertiary/aromatic N) is 2. The van der Waals surface area contributed by atoms with E-state index in [1.54, 1.807) is 6.07 Å². The monoisotopic (exact) mass is 466 g/mol. The Bertz CT molecular complexity index is 1130. The Balaban J connectivity index is 1.83. The number of hydrogen-bond acceptors (Lipinski definition) is 3. The van der Waals surface area contributed by atoms with Gasteiger partial charge in [0, 0.05) is 29.1 Å². The number of aromatic nitrogens is 1. The van der Waals surface area contributed by atoms with Gasteiger partial charge in [0.1, 0.15) is 11.4 Å². The molecule has 1 N–H and O–H groups in total. The van der Waals surface area contributed by atoms with Crippen molar-refractivity contribution in [1.29, 1.82) is 0 Å². The fourth-order valence-corrected chi connectivity index (χ4v) is 5.31. The van der Waals surface area contributed by atoms with Gasteiger partial charge in [-0.15, -0.1) is 0 Å². The van der Waals surface area contributed by atoms with Crippen LogP contribution in [0.1, 0.15) is 29.2 Å². The van der Waals surface area contributed by atoms with Gasteiger partial charge in [-0.05, 0) is 23.3 Å². The molecule has 2 aliphatic rings. The highest BCUT2D eigenvalue weighted by molar-refractivity contribution is 9.10. The molecule has 0 saturated heterocycles. The lowest BCUT2D eigenvalue weighted by atomic mass is 9.72. The van der Waals surface area contributed by atoms with E-state index in [0.717, 1.165) is 15.6 Å². The summed E-state index contributed by atoms with van der Waals surface area (Å²) in [6.45, 7) is 7.84. The van der Waals surface area contributed by atoms with E-state index in [2.05, 4.69) is 25.8 Å². The lowest BCUT2D eigenvalue weighted by molar-refractivity contribution is -0.109. The van der Waals surface area contributed by atoms with Crippen molar-refractivity contribution in [3.63, 3.8) is 0 Å². The molecule has 0 amide bonds. The molecular formula is C23H16BrClN2O2. The molecule has 0 radical (unpaired) electrons. The molecule has 4 nitrogen and oxygen atoms in total. The summed E-state index contributed by atoms with van der Waals surface area (Å²) in [6.07, 6.45) is 1.96. The minimum Gasteiger partial charge on any atom is -0.476 e. The van der Waals surface area contributed by atoms with Crippen molar-refractivity contribution < 1.29 is 9.84 Å². The topological polar surface area (TPSA) is 46.7 Å². The van der Waals surface area contributed by atoms with Crippen LogP contribution in [0.2, 0.25) is 5.02 Å². The minimum atomic E-state index is -1.59. The summed E-state index contributed by atoms with van der Waals surface area (Å²) in [5, 5.41) is 12.6. The van der Waals surface area contributed by atoms with Crippen LogP contribution in [0, 0.1) is 6.57 Å². The molecule has 1 saturated carbocycles. The average molecular weight is 468 g/mol. The molecule has 2 heterocycles. The highest BCUT2D eigenvalue weighted by atomic mass is 79.9. The normalized spacial score (nSPS) is 29.6. The molecule has 1 fully saturated rings. The van der Waals surface area contributed by atoms with E-state index in [1.165, 1.54) is 6.20 Å². The first-order chi connectivity index (χ1) is 14.0. The number of hydrogen-bond donors (Lipinski definition) is 1. The van der Waals surface area contributed by atoms with Gasteiger partial charge < -0.3 is 14.7 Å².